The number of rotatable bonds is 4. The number of hydrogen-bond acceptors (Lipinski definition) is 5. The van der Waals surface area contributed by atoms with Crippen LogP contribution in [0.3, 0.4) is 0 Å². The fourth-order valence-corrected chi connectivity index (χ4v) is 3.06. The van der Waals surface area contributed by atoms with Crippen molar-refractivity contribution in [1.29, 1.82) is 0 Å². The van der Waals surface area contributed by atoms with E-state index in [-0.39, 0.29) is 11.3 Å². The standard InChI is InChI=1S/C16H14N2O5S/c17-24(21,22)11-5-3-4-10(8-11)18-15(19)9-14-12-6-1-2-7-13(12)16(20)23-14/h1-8,14H,9H2,(H,18,19)(H2,17,21,22)/t14-/m1/s1. The van der Waals surface area contributed by atoms with Crippen molar-refractivity contribution in [3.8, 4) is 0 Å². The number of benzene rings is 2. The summed E-state index contributed by atoms with van der Waals surface area (Å²) in [4.78, 5) is 23.8. The summed E-state index contributed by atoms with van der Waals surface area (Å²) >= 11 is 0. The Morgan fingerprint density at radius 1 is 1.17 bits per heavy atom. The van der Waals surface area contributed by atoms with E-state index in [9.17, 15) is 18.0 Å². The molecule has 2 aromatic rings. The van der Waals surface area contributed by atoms with Gasteiger partial charge in [0.1, 0.15) is 6.10 Å². The number of nitrogens with two attached hydrogens (primary N) is 1. The average molecular weight is 346 g/mol. The monoisotopic (exact) mass is 346 g/mol. The molecule has 8 heteroatoms. The van der Waals surface area contributed by atoms with E-state index in [2.05, 4.69) is 5.32 Å². The fourth-order valence-electron chi connectivity index (χ4n) is 2.50. The first-order valence-electron chi connectivity index (χ1n) is 7.07. The highest BCUT2D eigenvalue weighted by molar-refractivity contribution is 7.89. The Morgan fingerprint density at radius 2 is 1.92 bits per heavy atom. The lowest BCUT2D eigenvalue weighted by Gasteiger charge is -2.11. The molecule has 2 aromatic carbocycles. The lowest BCUT2D eigenvalue weighted by Crippen LogP contribution is -2.17. The summed E-state index contributed by atoms with van der Waals surface area (Å²) in [7, 11) is -3.85. The molecule has 0 fully saturated rings. The third-order valence-electron chi connectivity index (χ3n) is 3.59. The van der Waals surface area contributed by atoms with Crippen LogP contribution in [0.4, 0.5) is 5.69 Å². The largest absolute Gasteiger partial charge is 0.453 e. The van der Waals surface area contributed by atoms with Gasteiger partial charge in [0.2, 0.25) is 15.9 Å². The number of carbonyl (C=O) groups is 2. The summed E-state index contributed by atoms with van der Waals surface area (Å²) in [6, 6.07) is 12.5. The molecule has 7 nitrogen and oxygen atoms in total. The number of hydrogen-bond donors (Lipinski definition) is 2. The highest BCUT2D eigenvalue weighted by Gasteiger charge is 2.32. The fraction of sp³-hybridized carbons (Fsp3) is 0.125. The lowest BCUT2D eigenvalue weighted by molar-refractivity contribution is -0.118. The summed E-state index contributed by atoms with van der Waals surface area (Å²) < 4.78 is 27.9. The molecule has 0 spiro atoms. The van der Waals surface area contributed by atoms with Crippen molar-refractivity contribution in [2.75, 3.05) is 5.32 Å². The maximum Gasteiger partial charge on any atom is 0.339 e. The van der Waals surface area contributed by atoms with Crippen LogP contribution in [0.5, 0.6) is 0 Å². The minimum atomic E-state index is -3.85. The molecule has 1 atom stereocenters. The van der Waals surface area contributed by atoms with Crippen molar-refractivity contribution in [1.82, 2.24) is 0 Å². The number of esters is 1. The van der Waals surface area contributed by atoms with Gasteiger partial charge < -0.3 is 10.1 Å². The van der Waals surface area contributed by atoms with E-state index >= 15 is 0 Å². The Labute approximate surface area is 138 Å². The molecular formula is C16H14N2O5S. The van der Waals surface area contributed by atoms with Crippen molar-refractivity contribution in [3.63, 3.8) is 0 Å². The molecule has 3 rings (SSSR count). The predicted octanol–water partition coefficient (Wildman–Crippen LogP) is 1.57. The predicted molar refractivity (Wildman–Crippen MR) is 85.7 cm³/mol. The van der Waals surface area contributed by atoms with E-state index in [0.29, 0.717) is 16.8 Å². The first-order valence-corrected chi connectivity index (χ1v) is 8.62. The van der Waals surface area contributed by atoms with Crippen molar-refractivity contribution in [3.05, 3.63) is 59.7 Å². The smallest absolute Gasteiger partial charge is 0.339 e. The quantitative estimate of drug-likeness (QED) is 0.815. The van der Waals surface area contributed by atoms with Crippen LogP contribution in [0.2, 0.25) is 0 Å². The number of anilines is 1. The zero-order chi connectivity index (χ0) is 17.3. The number of sulfonamides is 1. The average Bonchev–Trinajstić information content (AvgIpc) is 2.83. The van der Waals surface area contributed by atoms with Crippen LogP contribution in [0.1, 0.15) is 28.4 Å². The molecule has 1 amide bonds. The number of primary sulfonamides is 1. The number of ether oxygens (including phenoxy) is 1. The molecule has 1 aliphatic rings. The second kappa shape index (κ2) is 6.06. The van der Waals surface area contributed by atoms with E-state index < -0.39 is 28.0 Å². The zero-order valence-corrected chi connectivity index (χ0v) is 13.2. The third kappa shape index (κ3) is 3.29. The van der Waals surface area contributed by atoms with Gasteiger partial charge in [0.15, 0.2) is 0 Å². The first-order chi connectivity index (χ1) is 11.3. The minimum Gasteiger partial charge on any atom is -0.453 e. The summed E-state index contributed by atoms with van der Waals surface area (Å²) in [6.45, 7) is 0. The van der Waals surface area contributed by atoms with E-state index in [1.54, 1.807) is 30.3 Å². The van der Waals surface area contributed by atoms with Gasteiger partial charge in [-0.05, 0) is 24.3 Å². The zero-order valence-electron chi connectivity index (χ0n) is 12.4. The van der Waals surface area contributed by atoms with Gasteiger partial charge in [-0.1, -0.05) is 24.3 Å². The van der Waals surface area contributed by atoms with Crippen molar-refractivity contribution in [2.24, 2.45) is 5.14 Å². The second-order valence-electron chi connectivity index (χ2n) is 5.31. The Bertz CT molecular complexity index is 924. The highest BCUT2D eigenvalue weighted by Crippen LogP contribution is 2.33. The number of carbonyl (C=O) groups excluding carboxylic acids is 2. The molecule has 124 valence electrons. The molecule has 0 aromatic heterocycles. The minimum absolute atomic E-state index is 0.0671. The number of cyclic esters (lactones) is 1. The molecule has 0 unspecified atom stereocenters. The van der Waals surface area contributed by atoms with Gasteiger partial charge in [0, 0.05) is 11.3 Å². The van der Waals surface area contributed by atoms with Crippen LogP contribution in [-0.2, 0) is 19.6 Å². The Hall–Kier alpha value is -2.71. The van der Waals surface area contributed by atoms with Crippen LogP contribution < -0.4 is 10.5 Å². The Kier molecular flexibility index (Phi) is 4.08. The third-order valence-corrected chi connectivity index (χ3v) is 4.50. The maximum atomic E-state index is 12.2. The van der Waals surface area contributed by atoms with Gasteiger partial charge >= 0.3 is 5.97 Å². The molecule has 0 saturated carbocycles. The molecular weight excluding hydrogens is 332 g/mol. The molecule has 0 bridgehead atoms. The van der Waals surface area contributed by atoms with Crippen molar-refractivity contribution >= 4 is 27.6 Å². The van der Waals surface area contributed by atoms with Gasteiger partial charge in [0.25, 0.3) is 0 Å². The highest BCUT2D eigenvalue weighted by atomic mass is 32.2. The molecule has 3 N–H and O–H groups in total. The summed E-state index contributed by atoms with van der Waals surface area (Å²) in [5.74, 6) is -0.865. The van der Waals surface area contributed by atoms with Gasteiger partial charge in [-0.3, -0.25) is 4.79 Å². The van der Waals surface area contributed by atoms with E-state index in [1.807, 2.05) is 0 Å². The number of nitrogens with one attached hydrogen (secondary N) is 1. The van der Waals surface area contributed by atoms with Gasteiger partial charge in [-0.2, -0.15) is 0 Å². The van der Waals surface area contributed by atoms with E-state index in [4.69, 9.17) is 9.88 Å². The molecule has 24 heavy (non-hydrogen) atoms. The SMILES string of the molecule is NS(=O)(=O)c1cccc(NC(=O)C[C@H]2OC(=O)c3ccccc32)c1. The van der Waals surface area contributed by atoms with Crippen LogP contribution in [0.15, 0.2) is 53.4 Å². The Morgan fingerprint density at radius 3 is 2.67 bits per heavy atom. The number of amides is 1. The molecule has 0 radical (unpaired) electrons. The molecule has 0 aliphatic carbocycles. The molecule has 1 aliphatic heterocycles. The van der Waals surface area contributed by atoms with E-state index in [1.165, 1.54) is 18.2 Å². The van der Waals surface area contributed by atoms with Crippen LogP contribution >= 0.6 is 0 Å². The second-order valence-corrected chi connectivity index (χ2v) is 6.87. The van der Waals surface area contributed by atoms with Crippen molar-refractivity contribution in [2.45, 2.75) is 17.4 Å². The van der Waals surface area contributed by atoms with Crippen LogP contribution in [0.25, 0.3) is 0 Å². The Balaban J connectivity index is 1.73. The summed E-state index contributed by atoms with van der Waals surface area (Å²) in [5, 5.41) is 7.64. The first kappa shape index (κ1) is 16.2. The van der Waals surface area contributed by atoms with Crippen LogP contribution in [0, 0.1) is 0 Å². The lowest BCUT2D eigenvalue weighted by atomic mass is 10.0. The van der Waals surface area contributed by atoms with Gasteiger partial charge in [-0.25, -0.2) is 18.4 Å². The van der Waals surface area contributed by atoms with Gasteiger partial charge in [-0.15, -0.1) is 0 Å². The molecule has 1 heterocycles. The molecule has 0 saturated heterocycles. The van der Waals surface area contributed by atoms with Crippen LogP contribution in [-0.4, -0.2) is 20.3 Å². The summed E-state index contributed by atoms with van der Waals surface area (Å²) in [5.41, 5.74) is 1.41. The topological polar surface area (TPSA) is 116 Å². The number of fused-ring (bicyclic) bond motifs is 1. The summed E-state index contributed by atoms with van der Waals surface area (Å²) in [6.07, 6.45) is -0.724. The maximum absolute atomic E-state index is 12.2. The normalized spacial score (nSPS) is 16.4. The van der Waals surface area contributed by atoms with Crippen molar-refractivity contribution < 1.29 is 22.7 Å². The van der Waals surface area contributed by atoms with E-state index in [0.717, 1.165) is 0 Å². The van der Waals surface area contributed by atoms with Gasteiger partial charge in [0.05, 0.1) is 16.9 Å².